The summed E-state index contributed by atoms with van der Waals surface area (Å²) in [5.74, 6) is -0.616. The highest BCUT2D eigenvalue weighted by Gasteiger charge is 2.43. The van der Waals surface area contributed by atoms with Gasteiger partial charge in [-0.25, -0.2) is 0 Å². The summed E-state index contributed by atoms with van der Waals surface area (Å²) in [5, 5.41) is 0. The van der Waals surface area contributed by atoms with Crippen LogP contribution in [0.2, 0.25) is 0 Å². The number of nitrogens with zero attached hydrogens (tertiary/aromatic N) is 1. The number of hydrogen-bond acceptors (Lipinski definition) is 4. The van der Waals surface area contributed by atoms with Crippen molar-refractivity contribution in [3.63, 3.8) is 0 Å². The fourth-order valence-electron chi connectivity index (χ4n) is 2.72. The van der Waals surface area contributed by atoms with Crippen LogP contribution in [0.3, 0.4) is 0 Å². The van der Waals surface area contributed by atoms with Crippen molar-refractivity contribution >= 4 is 20.7 Å². The average Bonchev–Trinajstić information content (AvgIpc) is 3.15. The molecule has 2 aliphatic rings. The molecule has 0 N–H and O–H groups in total. The molecule has 0 radical (unpaired) electrons. The molecule has 1 spiro atoms. The minimum absolute atomic E-state index is 0.0946. The molecule has 1 aromatic rings. The van der Waals surface area contributed by atoms with Crippen LogP contribution >= 0.6 is 0 Å². The van der Waals surface area contributed by atoms with E-state index < -0.39 is 54.9 Å². The molecule has 1 atom stereocenters. The van der Waals surface area contributed by atoms with E-state index in [1.807, 2.05) is 0 Å². The van der Waals surface area contributed by atoms with Gasteiger partial charge in [-0.15, -0.1) is 3.77 Å². The summed E-state index contributed by atoms with van der Waals surface area (Å²) in [6, 6.07) is 0.184. The minimum Gasteiger partial charge on any atom is -0.347 e. The largest absolute Gasteiger partial charge is 0.416 e. The molecule has 152 valence electrons. The molecule has 2 heterocycles. The first-order chi connectivity index (χ1) is 12.3. The van der Waals surface area contributed by atoms with Gasteiger partial charge in [0, 0.05) is 12.2 Å². The van der Waals surface area contributed by atoms with E-state index in [0.717, 1.165) is 0 Å². The first-order valence-corrected chi connectivity index (χ1v) is 10.5. The fourth-order valence-corrected chi connectivity index (χ4v) is 6.74. The van der Waals surface area contributed by atoms with Crippen molar-refractivity contribution in [1.82, 2.24) is 0 Å². The Morgan fingerprint density at radius 1 is 0.963 bits per heavy atom. The summed E-state index contributed by atoms with van der Waals surface area (Å²) in [7, 11) is -5.89. The monoisotopic (exact) mass is 437 g/mol. The molecule has 3 rings (SSSR count). The van der Waals surface area contributed by atoms with Gasteiger partial charge in [0.2, 0.25) is 0 Å². The normalized spacial score (nSPS) is 23.4. The number of ether oxygens (including phenoxy) is 2. The molecule has 0 amide bonds. The smallest absolute Gasteiger partial charge is 0.347 e. The van der Waals surface area contributed by atoms with Crippen LogP contribution < -0.4 is 0 Å². The third-order valence-electron chi connectivity index (χ3n) is 3.98. The van der Waals surface area contributed by atoms with E-state index in [4.69, 9.17) is 9.47 Å². The van der Waals surface area contributed by atoms with Crippen molar-refractivity contribution in [2.24, 2.45) is 3.77 Å². The Morgan fingerprint density at radius 2 is 1.48 bits per heavy atom. The van der Waals surface area contributed by atoms with Gasteiger partial charge in [0.25, 0.3) is 10.0 Å². The van der Waals surface area contributed by atoms with Crippen LogP contribution in [0.5, 0.6) is 0 Å². The molecule has 13 heteroatoms. The van der Waals surface area contributed by atoms with Crippen LogP contribution in [0.15, 0.2) is 26.9 Å². The molecule has 0 unspecified atom stereocenters. The van der Waals surface area contributed by atoms with Gasteiger partial charge in [0.15, 0.2) is 5.79 Å². The molecule has 0 aliphatic carbocycles. The summed E-state index contributed by atoms with van der Waals surface area (Å²) in [5.41, 5.74) is -3.42. The molecule has 1 aromatic carbocycles. The Morgan fingerprint density at radius 3 is 1.96 bits per heavy atom. The van der Waals surface area contributed by atoms with Gasteiger partial charge in [-0.3, -0.25) is 0 Å². The Kier molecular flexibility index (Phi) is 5.11. The maximum Gasteiger partial charge on any atom is 0.416 e. The zero-order valence-electron chi connectivity index (χ0n) is 13.4. The predicted octanol–water partition coefficient (Wildman–Crippen LogP) is 3.36. The van der Waals surface area contributed by atoms with Gasteiger partial charge in [0.05, 0.1) is 35.0 Å². The van der Waals surface area contributed by atoms with Crippen molar-refractivity contribution < 1.29 is 44.2 Å². The lowest BCUT2D eigenvalue weighted by Crippen LogP contribution is -2.30. The van der Waals surface area contributed by atoms with Gasteiger partial charge in [-0.05, 0) is 18.2 Å². The molecule has 2 fully saturated rings. The minimum atomic E-state index is -5.14. The fraction of sp³-hybridized carbons (Fsp3) is 0.571. The Balaban J connectivity index is 2.00. The highest BCUT2D eigenvalue weighted by atomic mass is 32.3. The van der Waals surface area contributed by atoms with Gasteiger partial charge >= 0.3 is 12.4 Å². The average molecular weight is 437 g/mol. The number of benzene rings is 1. The number of alkyl halides is 6. The van der Waals surface area contributed by atoms with Crippen LogP contribution in [0.25, 0.3) is 0 Å². The third-order valence-corrected chi connectivity index (χ3v) is 7.89. The molecule has 0 aromatic heterocycles. The molecule has 5 nitrogen and oxygen atoms in total. The van der Waals surface area contributed by atoms with Crippen LogP contribution in [0, 0.1) is 0 Å². The zero-order chi connectivity index (χ0) is 20.1. The highest BCUT2D eigenvalue weighted by molar-refractivity contribution is 8.00. The Labute approximate surface area is 152 Å². The first-order valence-electron chi connectivity index (χ1n) is 7.54. The number of halogens is 6. The quantitative estimate of drug-likeness (QED) is 0.666. The van der Waals surface area contributed by atoms with Crippen molar-refractivity contribution in [3.05, 3.63) is 29.3 Å². The summed E-state index contributed by atoms with van der Waals surface area (Å²) >= 11 is 0. The van der Waals surface area contributed by atoms with Gasteiger partial charge in [-0.1, -0.05) is 10.7 Å². The van der Waals surface area contributed by atoms with Crippen molar-refractivity contribution in [2.45, 2.75) is 29.5 Å². The van der Waals surface area contributed by atoms with Gasteiger partial charge < -0.3 is 9.47 Å². The predicted molar refractivity (Wildman–Crippen MR) is 82.4 cm³/mol. The molecule has 0 bridgehead atoms. The molecule has 27 heavy (non-hydrogen) atoms. The standard InChI is InChI=1S/C14H13F6NO4S2/c15-13(16,17)9-5-10(14(18,19)20)7-11(6-9)27(22,23)21-26-4-1-12(8-26)24-2-3-25-12/h5-7H,1-4,8H2/t26-/m1/s1. The lowest BCUT2D eigenvalue weighted by Gasteiger charge is -2.19. The summed E-state index contributed by atoms with van der Waals surface area (Å²) in [6.07, 6.45) is -9.93. The topological polar surface area (TPSA) is 65.0 Å². The molecule has 2 aliphatic heterocycles. The maximum atomic E-state index is 12.9. The Bertz CT molecular complexity index is 840. The van der Waals surface area contributed by atoms with Crippen molar-refractivity contribution in [1.29, 1.82) is 0 Å². The van der Waals surface area contributed by atoms with Crippen molar-refractivity contribution in [3.8, 4) is 0 Å². The summed E-state index contributed by atoms with van der Waals surface area (Å²) in [4.78, 5) is -1.15. The van der Waals surface area contributed by atoms with Crippen molar-refractivity contribution in [2.75, 3.05) is 24.7 Å². The summed E-state index contributed by atoms with van der Waals surface area (Å²) in [6.45, 7) is 0.652. The van der Waals surface area contributed by atoms with E-state index >= 15 is 0 Å². The number of rotatable bonds is 2. The second kappa shape index (κ2) is 6.71. The van der Waals surface area contributed by atoms with Crippen LogP contribution in [-0.4, -0.2) is 38.9 Å². The van der Waals surface area contributed by atoms with E-state index in [1.165, 1.54) is 0 Å². The van der Waals surface area contributed by atoms with Gasteiger partial charge in [-0.2, -0.15) is 34.8 Å². The molecular weight excluding hydrogens is 424 g/mol. The maximum absolute atomic E-state index is 12.9. The second-order valence-corrected chi connectivity index (χ2v) is 9.60. The second-order valence-electron chi connectivity index (χ2n) is 5.96. The van der Waals surface area contributed by atoms with Crippen LogP contribution in [-0.2, 0) is 42.5 Å². The molecule has 2 saturated heterocycles. The van der Waals surface area contributed by atoms with E-state index in [1.54, 1.807) is 0 Å². The SMILES string of the molecule is O=S(=O)(N=[S@@]1CCC2(C1)OCCO2)c1cc(C(F)(F)F)cc(C(F)(F)F)c1. The molecule has 0 saturated carbocycles. The third kappa shape index (κ3) is 4.46. The van der Waals surface area contributed by atoms with E-state index in [2.05, 4.69) is 3.77 Å². The summed E-state index contributed by atoms with van der Waals surface area (Å²) < 4.78 is 117. The number of hydrogen-bond donors (Lipinski definition) is 0. The molecular formula is C14H13F6NO4S2. The van der Waals surface area contributed by atoms with Crippen LogP contribution in [0.4, 0.5) is 26.3 Å². The highest BCUT2D eigenvalue weighted by Crippen LogP contribution is 2.38. The lowest BCUT2D eigenvalue weighted by molar-refractivity contribution is -0.143. The van der Waals surface area contributed by atoms with E-state index in [9.17, 15) is 34.8 Å². The van der Waals surface area contributed by atoms with Crippen LogP contribution in [0.1, 0.15) is 17.5 Å². The number of sulfonamides is 1. The van der Waals surface area contributed by atoms with E-state index in [0.29, 0.717) is 19.6 Å². The lowest BCUT2D eigenvalue weighted by atomic mass is 10.1. The first kappa shape index (κ1) is 20.6. The zero-order valence-corrected chi connectivity index (χ0v) is 15.1. The van der Waals surface area contributed by atoms with Gasteiger partial charge in [0.1, 0.15) is 0 Å². The van der Waals surface area contributed by atoms with E-state index in [-0.39, 0.29) is 29.7 Å². The Hall–Kier alpha value is -1.18.